The second kappa shape index (κ2) is 4.37. The van der Waals surface area contributed by atoms with Gasteiger partial charge in [0.05, 0.1) is 7.11 Å². The number of phenolic OH excluding ortho intramolecular Hbond substituents is 1. The van der Waals surface area contributed by atoms with Crippen molar-refractivity contribution in [2.75, 3.05) is 7.11 Å². The maximum atomic E-state index is 10.8. The summed E-state index contributed by atoms with van der Waals surface area (Å²) in [5.74, 6) is 0.495. The van der Waals surface area contributed by atoms with Gasteiger partial charge in [-0.15, -0.1) is 0 Å². The summed E-state index contributed by atoms with van der Waals surface area (Å²) in [6, 6.07) is 5.08. The first kappa shape index (κ1) is 10.7. The second-order valence-corrected chi connectivity index (χ2v) is 3.99. The van der Waals surface area contributed by atoms with Crippen molar-refractivity contribution in [1.29, 1.82) is 0 Å². The van der Waals surface area contributed by atoms with Gasteiger partial charge in [-0.25, -0.2) is 0 Å². The Morgan fingerprint density at radius 1 is 1.38 bits per heavy atom. The molecule has 0 spiro atoms. The first-order chi connectivity index (χ1) is 7.76. The zero-order valence-electron chi connectivity index (χ0n) is 8.64. The fourth-order valence-corrected chi connectivity index (χ4v) is 2.30. The van der Waals surface area contributed by atoms with E-state index in [9.17, 15) is 9.90 Å². The van der Waals surface area contributed by atoms with E-state index in [1.165, 1.54) is 18.4 Å². The summed E-state index contributed by atoms with van der Waals surface area (Å²) in [6.45, 7) is 0. The minimum Gasteiger partial charge on any atom is -0.504 e. The molecule has 0 bridgehead atoms. The van der Waals surface area contributed by atoms with Crippen LogP contribution in [0.25, 0.3) is 11.1 Å². The molecule has 1 aromatic heterocycles. The maximum absolute atomic E-state index is 10.8. The molecule has 0 saturated carbocycles. The number of ether oxygens (including phenoxy) is 1. The molecule has 0 aliphatic carbocycles. The number of carbonyl (C=O) groups excluding carboxylic acids is 1. The van der Waals surface area contributed by atoms with Gasteiger partial charge in [-0.05, 0) is 23.1 Å². The third kappa shape index (κ3) is 1.79. The Kier molecular flexibility index (Phi) is 2.92. The van der Waals surface area contributed by atoms with Gasteiger partial charge in [0.1, 0.15) is 0 Å². The largest absolute Gasteiger partial charge is 0.504 e. The van der Waals surface area contributed by atoms with E-state index in [-0.39, 0.29) is 5.75 Å². The van der Waals surface area contributed by atoms with Crippen molar-refractivity contribution in [2.45, 2.75) is 0 Å². The lowest BCUT2D eigenvalue weighted by molar-refractivity contribution is 0.112. The predicted molar refractivity (Wildman–Crippen MR) is 63.4 cm³/mol. The summed E-state index contributed by atoms with van der Waals surface area (Å²) in [5, 5.41) is 13.3. The van der Waals surface area contributed by atoms with Gasteiger partial charge in [-0.3, -0.25) is 4.79 Å². The van der Waals surface area contributed by atoms with Crippen molar-refractivity contribution < 1.29 is 14.6 Å². The fraction of sp³-hybridized carbons (Fsp3) is 0.0833. The van der Waals surface area contributed by atoms with Crippen molar-refractivity contribution in [1.82, 2.24) is 0 Å². The Balaban J connectivity index is 2.49. The van der Waals surface area contributed by atoms with Gasteiger partial charge in [0.15, 0.2) is 17.8 Å². The van der Waals surface area contributed by atoms with Crippen LogP contribution in [0.15, 0.2) is 29.0 Å². The second-order valence-electron chi connectivity index (χ2n) is 3.25. The average molecular weight is 234 g/mol. The molecule has 0 aliphatic heterocycles. The highest BCUT2D eigenvalue weighted by atomic mass is 32.1. The molecule has 2 rings (SSSR count). The van der Waals surface area contributed by atoms with E-state index >= 15 is 0 Å². The Labute approximate surface area is 96.9 Å². The molecule has 1 aromatic carbocycles. The number of phenols is 1. The normalized spacial score (nSPS) is 10.1. The minimum absolute atomic E-state index is 0.0723. The summed E-state index contributed by atoms with van der Waals surface area (Å²) in [7, 11) is 1.50. The number of hydrogen-bond acceptors (Lipinski definition) is 4. The molecular formula is C12H10O3S. The molecule has 0 amide bonds. The standard InChI is InChI=1S/C12H10O3S/c1-15-12-3-2-8(4-11(12)14)10-7-16-6-9(10)5-13/h2-7,14H,1H3. The topological polar surface area (TPSA) is 46.5 Å². The number of benzene rings is 1. The Bertz CT molecular complexity index is 517. The van der Waals surface area contributed by atoms with Gasteiger partial charge < -0.3 is 9.84 Å². The van der Waals surface area contributed by atoms with E-state index in [4.69, 9.17) is 4.74 Å². The molecule has 0 radical (unpaired) electrons. The highest BCUT2D eigenvalue weighted by molar-refractivity contribution is 7.08. The first-order valence-corrected chi connectivity index (χ1v) is 5.59. The van der Waals surface area contributed by atoms with E-state index in [0.717, 1.165) is 17.4 Å². The summed E-state index contributed by atoms with van der Waals surface area (Å²) in [6.07, 6.45) is 0.813. The quantitative estimate of drug-likeness (QED) is 0.830. The van der Waals surface area contributed by atoms with Gasteiger partial charge in [-0.1, -0.05) is 6.07 Å². The van der Waals surface area contributed by atoms with Gasteiger partial charge in [-0.2, -0.15) is 11.3 Å². The van der Waals surface area contributed by atoms with Crippen molar-refractivity contribution in [2.24, 2.45) is 0 Å². The number of carbonyl (C=O) groups is 1. The molecule has 1 N–H and O–H groups in total. The monoisotopic (exact) mass is 234 g/mol. The molecule has 0 saturated heterocycles. The highest BCUT2D eigenvalue weighted by Gasteiger charge is 2.08. The Hall–Kier alpha value is -1.81. The van der Waals surface area contributed by atoms with Crippen LogP contribution < -0.4 is 4.74 Å². The molecule has 2 aromatic rings. The molecule has 0 atom stereocenters. The molecule has 4 heteroatoms. The van der Waals surface area contributed by atoms with Gasteiger partial charge in [0.25, 0.3) is 0 Å². The number of rotatable bonds is 3. The number of thiophene rings is 1. The van der Waals surface area contributed by atoms with Gasteiger partial charge in [0.2, 0.25) is 0 Å². The van der Waals surface area contributed by atoms with Crippen LogP contribution >= 0.6 is 11.3 Å². The van der Waals surface area contributed by atoms with Crippen molar-refractivity contribution in [3.05, 3.63) is 34.5 Å². The van der Waals surface area contributed by atoms with E-state index in [1.807, 2.05) is 11.4 Å². The van der Waals surface area contributed by atoms with Crippen LogP contribution in [0.5, 0.6) is 11.5 Å². The van der Waals surface area contributed by atoms with Crippen LogP contribution in [0.2, 0.25) is 0 Å². The molecule has 0 fully saturated rings. The van der Waals surface area contributed by atoms with Crippen LogP contribution in [0.1, 0.15) is 10.4 Å². The summed E-state index contributed by atoms with van der Waals surface area (Å²) >= 11 is 1.46. The van der Waals surface area contributed by atoms with Crippen LogP contribution in [-0.4, -0.2) is 18.5 Å². The molecule has 16 heavy (non-hydrogen) atoms. The number of methoxy groups -OCH3 is 1. The molecule has 1 heterocycles. The first-order valence-electron chi connectivity index (χ1n) is 4.65. The number of aromatic hydroxyl groups is 1. The van der Waals surface area contributed by atoms with E-state index < -0.39 is 0 Å². The van der Waals surface area contributed by atoms with Crippen LogP contribution in [-0.2, 0) is 0 Å². The van der Waals surface area contributed by atoms with Gasteiger partial charge >= 0.3 is 0 Å². The molecular weight excluding hydrogens is 224 g/mol. The minimum atomic E-state index is 0.0723. The van der Waals surface area contributed by atoms with Gasteiger partial charge in [0, 0.05) is 16.5 Å². The number of hydrogen-bond donors (Lipinski definition) is 1. The third-order valence-electron chi connectivity index (χ3n) is 2.31. The Morgan fingerprint density at radius 2 is 2.19 bits per heavy atom. The third-order valence-corrected chi connectivity index (χ3v) is 3.07. The van der Waals surface area contributed by atoms with Crippen LogP contribution in [0.4, 0.5) is 0 Å². The summed E-state index contributed by atoms with van der Waals surface area (Å²) in [4.78, 5) is 10.8. The van der Waals surface area contributed by atoms with E-state index in [0.29, 0.717) is 11.3 Å². The summed E-state index contributed by atoms with van der Waals surface area (Å²) < 4.78 is 4.96. The van der Waals surface area contributed by atoms with E-state index in [1.54, 1.807) is 17.5 Å². The van der Waals surface area contributed by atoms with Crippen LogP contribution in [0, 0.1) is 0 Å². The van der Waals surface area contributed by atoms with E-state index in [2.05, 4.69) is 0 Å². The van der Waals surface area contributed by atoms with Crippen molar-refractivity contribution >= 4 is 17.6 Å². The molecule has 82 valence electrons. The zero-order valence-corrected chi connectivity index (χ0v) is 9.45. The lowest BCUT2D eigenvalue weighted by atomic mass is 10.0. The zero-order chi connectivity index (χ0) is 11.5. The lowest BCUT2D eigenvalue weighted by Crippen LogP contribution is -1.85. The predicted octanol–water partition coefficient (Wildman–Crippen LogP) is 2.94. The molecule has 0 unspecified atom stereocenters. The maximum Gasteiger partial charge on any atom is 0.160 e. The number of aldehydes is 1. The Morgan fingerprint density at radius 3 is 2.81 bits per heavy atom. The molecule has 0 aliphatic rings. The van der Waals surface area contributed by atoms with Crippen molar-refractivity contribution in [3.8, 4) is 22.6 Å². The SMILES string of the molecule is COc1ccc(-c2cscc2C=O)cc1O. The fourth-order valence-electron chi connectivity index (χ4n) is 1.49. The molecule has 3 nitrogen and oxygen atoms in total. The summed E-state index contributed by atoms with van der Waals surface area (Å²) in [5.41, 5.74) is 2.27. The van der Waals surface area contributed by atoms with Crippen molar-refractivity contribution in [3.63, 3.8) is 0 Å². The smallest absolute Gasteiger partial charge is 0.160 e. The average Bonchev–Trinajstić information content (AvgIpc) is 2.77. The lowest BCUT2D eigenvalue weighted by Gasteiger charge is -2.05. The van der Waals surface area contributed by atoms with Crippen LogP contribution in [0.3, 0.4) is 0 Å². The highest BCUT2D eigenvalue weighted by Crippen LogP contribution is 2.33.